The van der Waals surface area contributed by atoms with Crippen LogP contribution in [0.1, 0.15) is 5.76 Å². The van der Waals surface area contributed by atoms with Crippen molar-refractivity contribution < 1.29 is 14.1 Å². The van der Waals surface area contributed by atoms with Crippen LogP contribution in [0.4, 0.5) is 0 Å². The molecule has 4 heterocycles. The van der Waals surface area contributed by atoms with Crippen LogP contribution in [-0.2, 0) is 11.3 Å². The van der Waals surface area contributed by atoms with E-state index in [0.29, 0.717) is 46.6 Å². The smallest absolute Gasteiger partial charge is 0.322 e. The second-order valence-corrected chi connectivity index (χ2v) is 6.44. The zero-order valence-electron chi connectivity index (χ0n) is 15.6. The van der Waals surface area contributed by atoms with Crippen molar-refractivity contribution in [1.82, 2.24) is 19.2 Å². The van der Waals surface area contributed by atoms with E-state index in [9.17, 15) is 4.79 Å². The normalized spacial score (nSPS) is 12.0. The first kappa shape index (κ1) is 17.3. The highest BCUT2D eigenvalue weighted by molar-refractivity contribution is 6.03. The number of H-pyrrole nitrogens is 1. The molecule has 0 bridgehead atoms. The third kappa shape index (κ3) is 2.88. The minimum absolute atomic E-state index is 0.183. The van der Waals surface area contributed by atoms with E-state index in [1.807, 2.05) is 24.3 Å². The summed E-state index contributed by atoms with van der Waals surface area (Å²) in [5, 5.41) is 4.92. The van der Waals surface area contributed by atoms with E-state index in [-0.39, 0.29) is 5.56 Å². The van der Waals surface area contributed by atoms with E-state index in [2.05, 4.69) is 10.1 Å². The third-order valence-electron chi connectivity index (χ3n) is 4.65. The summed E-state index contributed by atoms with van der Waals surface area (Å²) in [6, 6.07) is 11.1. The van der Waals surface area contributed by atoms with Crippen molar-refractivity contribution in [2.45, 2.75) is 6.54 Å². The molecule has 9 heteroatoms. The van der Waals surface area contributed by atoms with Gasteiger partial charge in [-0.15, -0.1) is 9.78 Å². The maximum Gasteiger partial charge on any atom is 0.322 e. The van der Waals surface area contributed by atoms with Gasteiger partial charge in [-0.2, -0.15) is 0 Å². The lowest BCUT2D eigenvalue weighted by Gasteiger charge is -1.99. The van der Waals surface area contributed by atoms with Gasteiger partial charge in [0.25, 0.3) is 5.65 Å². The number of nitrogens with zero attached hydrogens (tertiary/aromatic N) is 5. The lowest BCUT2D eigenvalue weighted by Crippen LogP contribution is -2.28. The number of benzene rings is 1. The number of methoxy groups -OCH3 is 1. The Morgan fingerprint density at radius 2 is 2.03 bits per heavy atom. The molecule has 5 aromatic rings. The number of rotatable bonds is 5. The Bertz CT molecular complexity index is 1420. The highest BCUT2D eigenvalue weighted by Gasteiger charge is 2.24. The fourth-order valence-corrected chi connectivity index (χ4v) is 3.25. The van der Waals surface area contributed by atoms with Crippen molar-refractivity contribution in [2.24, 2.45) is 5.10 Å². The minimum atomic E-state index is -0.183. The molecular formula is C20H17N6O3+. The van der Waals surface area contributed by atoms with Crippen LogP contribution in [0.3, 0.4) is 0 Å². The van der Waals surface area contributed by atoms with Gasteiger partial charge >= 0.3 is 5.56 Å². The van der Waals surface area contributed by atoms with Crippen LogP contribution in [0.15, 0.2) is 63.3 Å². The zero-order chi connectivity index (χ0) is 19.8. The molecule has 0 unspecified atom stereocenters. The van der Waals surface area contributed by atoms with Crippen molar-refractivity contribution in [3.05, 3.63) is 65.1 Å². The zero-order valence-corrected chi connectivity index (χ0v) is 15.6. The van der Waals surface area contributed by atoms with Gasteiger partial charge in [-0.3, -0.25) is 0 Å². The maximum absolute atomic E-state index is 13.2. The molecule has 0 amide bonds. The molecule has 9 nitrogen and oxygen atoms in total. The van der Waals surface area contributed by atoms with Crippen LogP contribution >= 0.6 is 0 Å². The summed E-state index contributed by atoms with van der Waals surface area (Å²) in [6.07, 6.45) is 4.75. The summed E-state index contributed by atoms with van der Waals surface area (Å²) in [5.41, 5.74) is 2.73. The van der Waals surface area contributed by atoms with Crippen molar-refractivity contribution in [3.63, 3.8) is 0 Å². The maximum atomic E-state index is 13.2. The third-order valence-corrected chi connectivity index (χ3v) is 4.65. The first-order valence-corrected chi connectivity index (χ1v) is 9.05. The lowest BCUT2D eigenvalue weighted by atomic mass is 10.3. The van der Waals surface area contributed by atoms with Crippen molar-refractivity contribution in [1.29, 1.82) is 0 Å². The van der Waals surface area contributed by atoms with Crippen LogP contribution in [0.2, 0.25) is 0 Å². The van der Waals surface area contributed by atoms with Crippen molar-refractivity contribution >= 4 is 39.4 Å². The number of fused-ring (bicyclic) bond motifs is 4. The molecule has 29 heavy (non-hydrogen) atoms. The Balaban J connectivity index is 1.84. The Morgan fingerprint density at radius 1 is 1.21 bits per heavy atom. The van der Waals surface area contributed by atoms with Gasteiger partial charge in [0.15, 0.2) is 11.7 Å². The predicted octanol–water partition coefficient (Wildman–Crippen LogP) is 1.84. The summed E-state index contributed by atoms with van der Waals surface area (Å²) >= 11 is 0. The van der Waals surface area contributed by atoms with E-state index >= 15 is 0 Å². The molecule has 0 aliphatic rings. The molecule has 5 rings (SSSR count). The van der Waals surface area contributed by atoms with Crippen LogP contribution in [0, 0.1) is 0 Å². The Morgan fingerprint density at radius 3 is 2.79 bits per heavy atom. The molecule has 0 saturated carbocycles. The Kier molecular flexibility index (Phi) is 4.14. The molecule has 1 N–H and O–H groups in total. The highest BCUT2D eigenvalue weighted by Crippen LogP contribution is 2.23. The van der Waals surface area contributed by atoms with Gasteiger partial charge in [0.1, 0.15) is 17.5 Å². The Labute approximate surface area is 163 Å². The second kappa shape index (κ2) is 6.95. The van der Waals surface area contributed by atoms with Gasteiger partial charge in [0.05, 0.1) is 30.4 Å². The standard InChI is InChI=1S/C20H16N6O3/c1-28-10-8-25-12-21-18-16(20(25)27)17-19(24-15-7-3-2-6-14(15)23-17)26(18)22-11-13-5-4-9-29-13/h2-7,9,11-12H,8,10H2,1H3/p+1. The first-order valence-electron chi connectivity index (χ1n) is 9.05. The summed E-state index contributed by atoms with van der Waals surface area (Å²) in [5.74, 6) is 0.585. The SMILES string of the molecule is COCCn1c[nH+]c2c(c1=O)c1nc3ccccc3nc1n2N=Cc1ccco1. The number of aromatic nitrogens is 5. The fraction of sp³-hybridized carbons (Fsp3) is 0.150. The summed E-state index contributed by atoms with van der Waals surface area (Å²) < 4.78 is 13.6. The Hall–Kier alpha value is -3.85. The number of ether oxygens (including phenoxy) is 1. The molecule has 0 atom stereocenters. The van der Waals surface area contributed by atoms with E-state index in [0.717, 1.165) is 5.52 Å². The van der Waals surface area contributed by atoms with Crippen LogP contribution in [-0.4, -0.2) is 39.1 Å². The summed E-state index contributed by atoms with van der Waals surface area (Å²) in [6.45, 7) is 0.842. The molecule has 0 fully saturated rings. The van der Waals surface area contributed by atoms with E-state index in [1.54, 1.807) is 47.3 Å². The largest absolute Gasteiger partial charge is 0.463 e. The van der Waals surface area contributed by atoms with E-state index in [1.165, 1.54) is 0 Å². The molecule has 0 spiro atoms. The molecular weight excluding hydrogens is 372 g/mol. The predicted molar refractivity (Wildman–Crippen MR) is 107 cm³/mol. The average molecular weight is 389 g/mol. The molecule has 0 aliphatic heterocycles. The van der Waals surface area contributed by atoms with Crippen LogP contribution in [0.25, 0.3) is 33.2 Å². The molecule has 0 saturated heterocycles. The summed E-state index contributed by atoms with van der Waals surface area (Å²) in [7, 11) is 1.60. The number of hydrogen-bond acceptors (Lipinski definition) is 6. The lowest BCUT2D eigenvalue weighted by molar-refractivity contribution is -0.357. The minimum Gasteiger partial charge on any atom is -0.463 e. The number of furan rings is 1. The van der Waals surface area contributed by atoms with Crippen LogP contribution < -0.4 is 10.5 Å². The molecule has 0 radical (unpaired) electrons. The average Bonchev–Trinajstić information content (AvgIpc) is 3.36. The van der Waals surface area contributed by atoms with Gasteiger partial charge in [-0.05, 0) is 24.3 Å². The number of para-hydroxylation sites is 2. The molecule has 144 valence electrons. The number of nitrogens with one attached hydrogen (secondary N) is 1. The van der Waals surface area contributed by atoms with Gasteiger partial charge in [-0.1, -0.05) is 12.1 Å². The van der Waals surface area contributed by atoms with Gasteiger partial charge in [0, 0.05) is 7.11 Å². The second-order valence-electron chi connectivity index (χ2n) is 6.44. The van der Waals surface area contributed by atoms with E-state index < -0.39 is 0 Å². The van der Waals surface area contributed by atoms with E-state index in [4.69, 9.17) is 19.1 Å². The quantitative estimate of drug-likeness (QED) is 0.427. The number of hydrogen-bond donors (Lipinski definition) is 0. The van der Waals surface area contributed by atoms with Crippen LogP contribution in [0.5, 0.6) is 0 Å². The molecule has 4 aromatic heterocycles. The fourth-order valence-electron chi connectivity index (χ4n) is 3.25. The van der Waals surface area contributed by atoms with Gasteiger partial charge in [0.2, 0.25) is 5.65 Å². The monoisotopic (exact) mass is 389 g/mol. The topological polar surface area (TPSA) is 102 Å². The highest BCUT2D eigenvalue weighted by atomic mass is 16.5. The molecule has 1 aromatic carbocycles. The number of aromatic amines is 1. The summed E-state index contributed by atoms with van der Waals surface area (Å²) in [4.78, 5) is 25.7. The van der Waals surface area contributed by atoms with Crippen molar-refractivity contribution in [2.75, 3.05) is 13.7 Å². The van der Waals surface area contributed by atoms with Crippen molar-refractivity contribution in [3.8, 4) is 0 Å². The first-order chi connectivity index (χ1) is 14.3. The van der Waals surface area contributed by atoms with Gasteiger partial charge < -0.3 is 9.15 Å². The molecule has 0 aliphatic carbocycles. The van der Waals surface area contributed by atoms with Gasteiger partial charge in [-0.25, -0.2) is 24.3 Å².